The van der Waals surface area contributed by atoms with Gasteiger partial charge >= 0.3 is 6.09 Å². The molecule has 2 rings (SSSR count). The molecule has 136 valence electrons. The summed E-state index contributed by atoms with van der Waals surface area (Å²) in [6, 6.07) is 9.16. The Morgan fingerprint density at radius 1 is 1.32 bits per heavy atom. The van der Waals surface area contributed by atoms with Crippen LogP contribution >= 0.6 is 0 Å². The molecule has 7 nitrogen and oxygen atoms in total. The zero-order valence-electron chi connectivity index (χ0n) is 14.5. The maximum Gasteiger partial charge on any atom is 0.404 e. The summed E-state index contributed by atoms with van der Waals surface area (Å²) in [5.74, 6) is 0.234. The first-order valence-corrected chi connectivity index (χ1v) is 8.26. The van der Waals surface area contributed by atoms with Gasteiger partial charge in [0.05, 0.1) is 30.9 Å². The zero-order valence-corrected chi connectivity index (χ0v) is 14.5. The van der Waals surface area contributed by atoms with E-state index >= 15 is 0 Å². The number of aliphatic hydroxyl groups is 1. The van der Waals surface area contributed by atoms with Crippen LogP contribution in [-0.2, 0) is 18.1 Å². The van der Waals surface area contributed by atoms with Gasteiger partial charge in [0.15, 0.2) is 0 Å². The molecule has 1 unspecified atom stereocenters. The van der Waals surface area contributed by atoms with Gasteiger partial charge in [-0.1, -0.05) is 44.2 Å². The number of carbonyl (C=O) groups is 1. The van der Waals surface area contributed by atoms with E-state index in [2.05, 4.69) is 10.3 Å². The highest BCUT2D eigenvalue weighted by Gasteiger charge is 2.26. The van der Waals surface area contributed by atoms with Crippen molar-refractivity contribution in [2.45, 2.75) is 45.8 Å². The average molecular weight is 347 g/mol. The van der Waals surface area contributed by atoms with Crippen LogP contribution in [0.3, 0.4) is 0 Å². The molecule has 1 aromatic carbocycles. The fourth-order valence-electron chi connectivity index (χ4n) is 2.66. The molecular weight excluding hydrogens is 322 g/mol. The van der Waals surface area contributed by atoms with Crippen LogP contribution in [0.1, 0.15) is 37.6 Å². The Bertz CT molecular complexity index is 657. The highest BCUT2D eigenvalue weighted by Crippen LogP contribution is 2.22. The Kier molecular flexibility index (Phi) is 6.97. The Labute approximate surface area is 147 Å². The number of aromatic nitrogens is 2. The summed E-state index contributed by atoms with van der Waals surface area (Å²) >= 11 is 0. The average Bonchev–Trinajstić information content (AvgIpc) is 3.02. The molecule has 0 aliphatic carbocycles. The third-order valence-corrected chi connectivity index (χ3v) is 3.80. The van der Waals surface area contributed by atoms with Crippen LogP contribution in [0.4, 0.5) is 4.79 Å². The largest absolute Gasteiger partial charge is 0.465 e. The Hall–Kier alpha value is -2.38. The third-order valence-electron chi connectivity index (χ3n) is 3.80. The van der Waals surface area contributed by atoms with E-state index in [1.807, 2.05) is 44.2 Å². The van der Waals surface area contributed by atoms with Crippen LogP contribution in [-0.4, -0.2) is 31.9 Å². The predicted molar refractivity (Wildman–Crippen MR) is 92.8 cm³/mol. The van der Waals surface area contributed by atoms with Crippen molar-refractivity contribution in [1.82, 2.24) is 14.9 Å². The molecule has 1 amide bonds. The van der Waals surface area contributed by atoms with E-state index in [1.165, 1.54) is 6.20 Å². The van der Waals surface area contributed by atoms with E-state index in [4.69, 9.17) is 9.84 Å². The number of hydrogen-bond acceptors (Lipinski definition) is 4. The molecule has 1 aromatic heterocycles. The first kappa shape index (κ1) is 19.0. The summed E-state index contributed by atoms with van der Waals surface area (Å²) in [4.78, 5) is 15.1. The molecule has 2 atom stereocenters. The minimum atomic E-state index is -1.16. The maximum atomic E-state index is 11.0. The smallest absolute Gasteiger partial charge is 0.404 e. The van der Waals surface area contributed by atoms with Gasteiger partial charge < -0.3 is 24.8 Å². The van der Waals surface area contributed by atoms with Crippen LogP contribution in [0.15, 0.2) is 42.9 Å². The lowest BCUT2D eigenvalue weighted by molar-refractivity contribution is 0.0498. The standard InChI is InChI=1S/C18H25N3O4/c1-13(2)8-15(20-18(23)24)17(22)16-9-19-11-21(16)12-25-10-14-6-4-3-5-7-14/h3-7,9,11,13,15,17,20,22H,8,10,12H2,1-2H3,(H,23,24)/t15?,17-/m0/s1. The summed E-state index contributed by atoms with van der Waals surface area (Å²) in [5.41, 5.74) is 1.57. The highest BCUT2D eigenvalue weighted by atomic mass is 16.5. The topological polar surface area (TPSA) is 96.6 Å². The van der Waals surface area contributed by atoms with Crippen LogP contribution in [0, 0.1) is 5.92 Å². The summed E-state index contributed by atoms with van der Waals surface area (Å²) in [5, 5.41) is 22.0. The fourth-order valence-corrected chi connectivity index (χ4v) is 2.66. The molecule has 2 aromatic rings. The number of nitrogens with zero attached hydrogens (tertiary/aromatic N) is 2. The molecule has 0 saturated heterocycles. The van der Waals surface area contributed by atoms with E-state index in [9.17, 15) is 9.90 Å². The third kappa shape index (κ3) is 5.88. The number of hydrogen-bond donors (Lipinski definition) is 3. The van der Waals surface area contributed by atoms with Gasteiger partial charge in [-0.05, 0) is 17.9 Å². The highest BCUT2D eigenvalue weighted by molar-refractivity contribution is 5.65. The van der Waals surface area contributed by atoms with Gasteiger partial charge in [-0.15, -0.1) is 0 Å². The van der Waals surface area contributed by atoms with Crippen LogP contribution in [0.25, 0.3) is 0 Å². The second-order valence-corrected chi connectivity index (χ2v) is 6.38. The van der Waals surface area contributed by atoms with E-state index in [0.29, 0.717) is 18.7 Å². The zero-order chi connectivity index (χ0) is 18.2. The Balaban J connectivity index is 2.01. The van der Waals surface area contributed by atoms with E-state index in [1.54, 1.807) is 10.9 Å². The second kappa shape index (κ2) is 9.19. The molecular formula is C18H25N3O4. The van der Waals surface area contributed by atoms with Crippen molar-refractivity contribution < 1.29 is 19.7 Å². The summed E-state index contributed by atoms with van der Waals surface area (Å²) in [7, 11) is 0. The lowest BCUT2D eigenvalue weighted by atomic mass is 9.97. The molecule has 0 radical (unpaired) electrons. The van der Waals surface area contributed by atoms with Crippen molar-refractivity contribution >= 4 is 6.09 Å². The van der Waals surface area contributed by atoms with Crippen LogP contribution < -0.4 is 5.32 Å². The lowest BCUT2D eigenvalue weighted by Gasteiger charge is -2.25. The van der Waals surface area contributed by atoms with Crippen LogP contribution in [0.5, 0.6) is 0 Å². The van der Waals surface area contributed by atoms with Crippen molar-refractivity contribution in [3.05, 3.63) is 54.1 Å². The van der Waals surface area contributed by atoms with Gasteiger partial charge in [0, 0.05) is 0 Å². The molecule has 0 spiro atoms. The molecule has 1 heterocycles. The van der Waals surface area contributed by atoms with Crippen LogP contribution in [0.2, 0.25) is 0 Å². The molecule has 3 N–H and O–H groups in total. The number of aliphatic hydroxyl groups excluding tert-OH is 1. The van der Waals surface area contributed by atoms with E-state index in [0.717, 1.165) is 5.56 Å². The van der Waals surface area contributed by atoms with Crippen molar-refractivity contribution in [2.75, 3.05) is 0 Å². The molecule has 0 aliphatic heterocycles. The number of ether oxygens (including phenoxy) is 1. The molecule has 0 aliphatic rings. The molecule has 0 bridgehead atoms. The maximum absolute atomic E-state index is 11.0. The normalized spacial score (nSPS) is 13.6. The van der Waals surface area contributed by atoms with Gasteiger partial charge in [-0.3, -0.25) is 0 Å². The van der Waals surface area contributed by atoms with Crippen molar-refractivity contribution in [3.63, 3.8) is 0 Å². The first-order chi connectivity index (χ1) is 12.0. The molecule has 25 heavy (non-hydrogen) atoms. The van der Waals surface area contributed by atoms with E-state index in [-0.39, 0.29) is 12.6 Å². The predicted octanol–water partition coefficient (Wildman–Crippen LogP) is 2.77. The van der Waals surface area contributed by atoms with Gasteiger partial charge in [-0.25, -0.2) is 9.78 Å². The Morgan fingerprint density at radius 2 is 2.04 bits per heavy atom. The van der Waals surface area contributed by atoms with Gasteiger partial charge in [-0.2, -0.15) is 0 Å². The van der Waals surface area contributed by atoms with E-state index < -0.39 is 18.2 Å². The van der Waals surface area contributed by atoms with Gasteiger partial charge in [0.25, 0.3) is 0 Å². The van der Waals surface area contributed by atoms with Gasteiger partial charge in [0.1, 0.15) is 12.8 Å². The lowest BCUT2D eigenvalue weighted by Crippen LogP contribution is -2.40. The second-order valence-electron chi connectivity index (χ2n) is 6.38. The van der Waals surface area contributed by atoms with Crippen molar-refractivity contribution in [2.24, 2.45) is 5.92 Å². The number of benzene rings is 1. The summed E-state index contributed by atoms with van der Waals surface area (Å²) < 4.78 is 7.36. The SMILES string of the molecule is CC(C)CC(NC(=O)O)[C@H](O)c1cncn1COCc1ccccc1. The van der Waals surface area contributed by atoms with Gasteiger partial charge in [0.2, 0.25) is 0 Å². The minimum Gasteiger partial charge on any atom is -0.465 e. The van der Waals surface area contributed by atoms with Crippen molar-refractivity contribution in [3.8, 4) is 0 Å². The number of rotatable bonds is 9. The quantitative estimate of drug-likeness (QED) is 0.648. The minimum absolute atomic E-state index is 0.225. The molecule has 0 saturated carbocycles. The number of imidazole rings is 1. The first-order valence-electron chi connectivity index (χ1n) is 8.26. The fraction of sp³-hybridized carbons (Fsp3) is 0.444. The number of nitrogens with one attached hydrogen (secondary N) is 1. The Morgan fingerprint density at radius 3 is 2.68 bits per heavy atom. The molecule has 7 heteroatoms. The monoisotopic (exact) mass is 347 g/mol. The number of carboxylic acid groups (broad SMARTS) is 1. The number of amides is 1. The van der Waals surface area contributed by atoms with Crippen molar-refractivity contribution in [1.29, 1.82) is 0 Å². The summed E-state index contributed by atoms with van der Waals surface area (Å²) in [6.07, 6.45) is 1.46. The molecule has 0 fully saturated rings. The summed E-state index contributed by atoms with van der Waals surface area (Å²) in [6.45, 7) is 4.62.